The first-order chi connectivity index (χ1) is 10.0. The van der Waals surface area contributed by atoms with Crippen LogP contribution in [0.4, 0.5) is 4.39 Å². The van der Waals surface area contributed by atoms with E-state index in [1.54, 1.807) is 25.3 Å². The van der Waals surface area contributed by atoms with Crippen LogP contribution in [0.15, 0.2) is 41.0 Å². The van der Waals surface area contributed by atoms with Gasteiger partial charge in [0.2, 0.25) is 0 Å². The van der Waals surface area contributed by atoms with Crippen LogP contribution in [-0.2, 0) is 0 Å². The molecule has 110 valence electrons. The summed E-state index contributed by atoms with van der Waals surface area (Å²) in [6.07, 6.45) is 1.54. The Balaban J connectivity index is 2.17. The summed E-state index contributed by atoms with van der Waals surface area (Å²) in [5.41, 5.74) is 0.864. The van der Waals surface area contributed by atoms with Crippen molar-refractivity contribution < 1.29 is 13.9 Å². The second-order valence-corrected chi connectivity index (χ2v) is 5.36. The van der Waals surface area contributed by atoms with Crippen LogP contribution in [0.5, 0.6) is 5.75 Å². The molecule has 21 heavy (non-hydrogen) atoms. The summed E-state index contributed by atoms with van der Waals surface area (Å²) in [5, 5.41) is 2.77. The molecule has 0 fully saturated rings. The third-order valence-corrected chi connectivity index (χ3v) is 3.43. The zero-order valence-corrected chi connectivity index (χ0v) is 13.1. The van der Waals surface area contributed by atoms with Crippen LogP contribution in [0, 0.1) is 5.82 Å². The average Bonchev–Trinajstić information content (AvgIpc) is 2.47. The van der Waals surface area contributed by atoms with Crippen molar-refractivity contribution >= 4 is 21.8 Å². The van der Waals surface area contributed by atoms with Gasteiger partial charge in [0.05, 0.1) is 13.2 Å². The molecule has 2 rings (SSSR count). The highest BCUT2D eigenvalue weighted by atomic mass is 79.9. The fourth-order valence-electron chi connectivity index (χ4n) is 1.90. The van der Waals surface area contributed by atoms with Gasteiger partial charge < -0.3 is 10.1 Å². The Morgan fingerprint density at radius 1 is 1.38 bits per heavy atom. The van der Waals surface area contributed by atoms with Crippen molar-refractivity contribution in [3.63, 3.8) is 0 Å². The predicted molar refractivity (Wildman–Crippen MR) is 80.8 cm³/mol. The lowest BCUT2D eigenvalue weighted by Gasteiger charge is -2.17. The van der Waals surface area contributed by atoms with Gasteiger partial charge in [-0.1, -0.05) is 0 Å². The monoisotopic (exact) mass is 352 g/mol. The highest BCUT2D eigenvalue weighted by Crippen LogP contribution is 2.26. The lowest BCUT2D eigenvalue weighted by atomic mass is 10.1. The number of aromatic nitrogens is 1. The molecule has 6 heteroatoms. The number of ether oxygens (including phenoxy) is 1. The fourth-order valence-corrected chi connectivity index (χ4v) is 2.14. The van der Waals surface area contributed by atoms with E-state index in [0.29, 0.717) is 17.0 Å². The molecule has 0 aliphatic carbocycles. The van der Waals surface area contributed by atoms with E-state index >= 15 is 0 Å². The molecule has 1 aromatic carbocycles. The van der Waals surface area contributed by atoms with E-state index in [2.05, 4.69) is 26.2 Å². The number of hydrogen-bond acceptors (Lipinski definition) is 3. The number of pyridine rings is 1. The Morgan fingerprint density at radius 2 is 2.14 bits per heavy atom. The molecule has 0 spiro atoms. The number of rotatable bonds is 4. The van der Waals surface area contributed by atoms with E-state index in [4.69, 9.17) is 4.74 Å². The summed E-state index contributed by atoms with van der Waals surface area (Å²) in [6, 6.07) is 7.12. The van der Waals surface area contributed by atoms with Gasteiger partial charge in [0.15, 0.2) is 0 Å². The average molecular weight is 353 g/mol. The van der Waals surface area contributed by atoms with Crippen molar-refractivity contribution in [3.8, 4) is 5.75 Å². The van der Waals surface area contributed by atoms with Gasteiger partial charge in [-0.3, -0.25) is 4.79 Å². The van der Waals surface area contributed by atoms with Gasteiger partial charge in [-0.05, 0) is 53.2 Å². The van der Waals surface area contributed by atoms with Gasteiger partial charge >= 0.3 is 0 Å². The quantitative estimate of drug-likeness (QED) is 0.916. The number of hydrogen-bond donors (Lipinski definition) is 1. The minimum atomic E-state index is -0.409. The second-order valence-electron chi connectivity index (χ2n) is 4.44. The number of methoxy groups -OCH3 is 1. The first-order valence-electron chi connectivity index (χ1n) is 6.27. The van der Waals surface area contributed by atoms with Crippen molar-refractivity contribution in [1.82, 2.24) is 10.3 Å². The van der Waals surface area contributed by atoms with Gasteiger partial charge in [0.1, 0.15) is 17.3 Å². The molecule has 0 aliphatic rings. The SMILES string of the molecule is COc1ccc(F)cc1C(C)NC(=O)c1ccc(Br)cn1. The number of amides is 1. The second kappa shape index (κ2) is 6.67. The van der Waals surface area contributed by atoms with Gasteiger partial charge in [-0.2, -0.15) is 0 Å². The Labute approximate surface area is 130 Å². The Kier molecular flexibility index (Phi) is 4.90. The number of halogens is 2. The number of benzene rings is 1. The van der Waals surface area contributed by atoms with E-state index < -0.39 is 6.04 Å². The summed E-state index contributed by atoms with van der Waals surface area (Å²) in [4.78, 5) is 16.1. The molecule has 0 radical (unpaired) electrons. The maximum atomic E-state index is 13.4. The smallest absolute Gasteiger partial charge is 0.270 e. The zero-order chi connectivity index (χ0) is 15.4. The molecule has 1 amide bonds. The summed E-state index contributed by atoms with van der Waals surface area (Å²) >= 11 is 3.26. The molecular formula is C15H14BrFN2O2. The molecule has 2 aromatic rings. The molecule has 1 aromatic heterocycles. The van der Waals surface area contributed by atoms with E-state index in [9.17, 15) is 9.18 Å². The van der Waals surface area contributed by atoms with Gasteiger partial charge in [-0.15, -0.1) is 0 Å². The van der Waals surface area contributed by atoms with Crippen molar-refractivity contribution in [3.05, 3.63) is 58.1 Å². The van der Waals surface area contributed by atoms with E-state index in [-0.39, 0.29) is 11.7 Å². The minimum Gasteiger partial charge on any atom is -0.496 e. The molecule has 0 saturated carbocycles. The van der Waals surface area contributed by atoms with Crippen LogP contribution < -0.4 is 10.1 Å². The van der Waals surface area contributed by atoms with Crippen LogP contribution >= 0.6 is 15.9 Å². The van der Waals surface area contributed by atoms with E-state index in [1.807, 2.05) is 0 Å². The molecule has 1 N–H and O–H groups in total. The van der Waals surface area contributed by atoms with Crippen LogP contribution in [0.25, 0.3) is 0 Å². The van der Waals surface area contributed by atoms with Crippen molar-refractivity contribution in [2.45, 2.75) is 13.0 Å². The maximum Gasteiger partial charge on any atom is 0.270 e. The van der Waals surface area contributed by atoms with Crippen LogP contribution in [0.2, 0.25) is 0 Å². The standard InChI is InChI=1S/C15H14BrFN2O2/c1-9(12-7-11(17)4-6-14(12)21-2)19-15(20)13-5-3-10(16)8-18-13/h3-9H,1-2H3,(H,19,20). The topological polar surface area (TPSA) is 51.2 Å². The van der Waals surface area contributed by atoms with E-state index in [0.717, 1.165) is 4.47 Å². The van der Waals surface area contributed by atoms with Gasteiger partial charge in [-0.25, -0.2) is 9.37 Å². The summed E-state index contributed by atoms with van der Waals surface area (Å²) in [7, 11) is 1.50. The van der Waals surface area contributed by atoms with E-state index in [1.165, 1.54) is 25.3 Å². The molecule has 0 aliphatic heterocycles. The molecule has 0 bridgehead atoms. The molecule has 1 unspecified atom stereocenters. The van der Waals surface area contributed by atoms with Crippen LogP contribution in [0.1, 0.15) is 29.0 Å². The number of nitrogens with one attached hydrogen (secondary N) is 1. The molecule has 4 nitrogen and oxygen atoms in total. The summed E-state index contributed by atoms with van der Waals surface area (Å²) in [5.74, 6) is -0.192. The molecule has 1 heterocycles. The van der Waals surface area contributed by atoms with Gasteiger partial charge in [0.25, 0.3) is 5.91 Å². The Morgan fingerprint density at radius 3 is 2.76 bits per heavy atom. The zero-order valence-electron chi connectivity index (χ0n) is 11.6. The molecular weight excluding hydrogens is 339 g/mol. The van der Waals surface area contributed by atoms with Crippen LogP contribution in [0.3, 0.4) is 0 Å². The number of carbonyl (C=O) groups excluding carboxylic acids is 1. The summed E-state index contributed by atoms with van der Waals surface area (Å²) in [6.45, 7) is 1.76. The lowest BCUT2D eigenvalue weighted by Crippen LogP contribution is -2.27. The predicted octanol–water partition coefficient (Wildman–Crippen LogP) is 3.48. The van der Waals surface area contributed by atoms with Crippen molar-refractivity contribution in [1.29, 1.82) is 0 Å². The van der Waals surface area contributed by atoms with Gasteiger partial charge in [0, 0.05) is 16.2 Å². The Hall–Kier alpha value is -1.95. The highest BCUT2D eigenvalue weighted by Gasteiger charge is 2.16. The van der Waals surface area contributed by atoms with Crippen LogP contribution in [-0.4, -0.2) is 18.0 Å². The minimum absolute atomic E-state index is 0.292. The highest BCUT2D eigenvalue weighted by molar-refractivity contribution is 9.10. The third kappa shape index (κ3) is 3.78. The number of carbonyl (C=O) groups is 1. The maximum absolute atomic E-state index is 13.4. The van der Waals surface area contributed by atoms with Crippen molar-refractivity contribution in [2.24, 2.45) is 0 Å². The first-order valence-corrected chi connectivity index (χ1v) is 7.06. The molecule has 1 atom stereocenters. The molecule has 0 saturated heterocycles. The normalized spacial score (nSPS) is 11.8. The first kappa shape index (κ1) is 15.4. The summed E-state index contributed by atoms with van der Waals surface area (Å²) < 4.78 is 19.3. The lowest BCUT2D eigenvalue weighted by molar-refractivity contribution is 0.0934. The number of nitrogens with zero attached hydrogens (tertiary/aromatic N) is 1. The van der Waals surface area contributed by atoms with Crippen molar-refractivity contribution in [2.75, 3.05) is 7.11 Å². The third-order valence-electron chi connectivity index (χ3n) is 2.97. The Bertz CT molecular complexity index is 647. The fraction of sp³-hybridized carbons (Fsp3) is 0.200. The largest absolute Gasteiger partial charge is 0.496 e.